The number of fused-ring (bicyclic) bond motifs is 1. The third-order valence-electron chi connectivity index (χ3n) is 2.58. The topological polar surface area (TPSA) is 12.9 Å². The Hall–Kier alpha value is -1.45. The van der Waals surface area contributed by atoms with Crippen LogP contribution in [0.1, 0.15) is 0 Å². The molecule has 0 aliphatic carbocycles. The molecule has 0 unspecified atom stereocenters. The summed E-state index contributed by atoms with van der Waals surface area (Å²) in [6, 6.07) is 20.9. The predicted molar refractivity (Wildman–Crippen MR) is 79.9 cm³/mol. The van der Waals surface area contributed by atoms with E-state index in [2.05, 4.69) is 47.4 Å². The average Bonchev–Trinajstić information content (AvgIpc) is 2.46. The Balaban J connectivity index is 1.79. The maximum atomic E-state index is 4.30. The van der Waals surface area contributed by atoms with Crippen LogP contribution in [0, 0.1) is 0 Å². The lowest BCUT2D eigenvalue weighted by Crippen LogP contribution is -1.75. The van der Waals surface area contributed by atoms with E-state index in [0.29, 0.717) is 0 Å². The summed E-state index contributed by atoms with van der Waals surface area (Å²) in [6.45, 7) is 0. The molecule has 88 valence electrons. The minimum atomic E-state index is 1.04. The first-order chi connectivity index (χ1) is 8.92. The van der Waals surface area contributed by atoms with Crippen LogP contribution < -0.4 is 0 Å². The van der Waals surface area contributed by atoms with E-state index in [9.17, 15) is 0 Å². The molecular weight excluding hydrogens is 258 g/mol. The normalized spacial score (nSPS) is 10.7. The lowest BCUT2D eigenvalue weighted by molar-refractivity contribution is 1.14. The number of nitrogens with zero attached hydrogens (tertiary/aromatic N) is 1. The molecule has 18 heavy (non-hydrogen) atoms. The smallest absolute Gasteiger partial charge is 0.107 e. The van der Waals surface area contributed by atoms with Crippen LogP contribution in [-0.2, 0) is 0 Å². The minimum absolute atomic E-state index is 1.04. The molecule has 0 aliphatic heterocycles. The molecule has 0 bridgehead atoms. The van der Waals surface area contributed by atoms with Crippen molar-refractivity contribution in [1.29, 1.82) is 0 Å². The summed E-state index contributed by atoms with van der Waals surface area (Å²) in [7, 11) is 3.43. The predicted octanol–water partition coefficient (Wildman–Crippen LogP) is 5.03. The molecule has 0 fully saturated rings. The summed E-state index contributed by atoms with van der Waals surface area (Å²) in [5, 5.41) is 3.60. The molecule has 0 atom stereocenters. The van der Waals surface area contributed by atoms with Gasteiger partial charge in [0.25, 0.3) is 0 Å². The van der Waals surface area contributed by atoms with E-state index in [1.165, 1.54) is 15.7 Å². The van der Waals surface area contributed by atoms with Gasteiger partial charge in [-0.05, 0) is 45.8 Å². The van der Waals surface area contributed by atoms with Gasteiger partial charge in [0.2, 0.25) is 0 Å². The first-order valence-corrected chi connectivity index (χ1v) is 7.81. The van der Waals surface area contributed by atoms with Gasteiger partial charge in [-0.3, -0.25) is 0 Å². The summed E-state index contributed by atoms with van der Waals surface area (Å²) >= 11 is 0. The summed E-state index contributed by atoms with van der Waals surface area (Å²) in [4.78, 5) is 5.55. The van der Waals surface area contributed by atoms with E-state index in [-0.39, 0.29) is 0 Å². The van der Waals surface area contributed by atoms with Crippen molar-refractivity contribution in [2.75, 3.05) is 0 Å². The third-order valence-corrected chi connectivity index (χ3v) is 4.86. The number of hydrogen-bond donors (Lipinski definition) is 0. The Morgan fingerprint density at radius 2 is 1.56 bits per heavy atom. The van der Waals surface area contributed by atoms with E-state index < -0.39 is 0 Å². The maximum Gasteiger partial charge on any atom is 0.107 e. The van der Waals surface area contributed by atoms with Crippen molar-refractivity contribution >= 4 is 32.4 Å². The Morgan fingerprint density at radius 1 is 0.722 bits per heavy atom. The van der Waals surface area contributed by atoms with Gasteiger partial charge in [-0.25, -0.2) is 4.98 Å². The zero-order valence-electron chi connectivity index (χ0n) is 9.61. The fraction of sp³-hybridized carbons (Fsp3) is 0. The molecule has 0 saturated carbocycles. The highest BCUT2D eigenvalue weighted by Gasteiger charge is 1.99. The van der Waals surface area contributed by atoms with E-state index in [1.54, 1.807) is 21.6 Å². The van der Waals surface area contributed by atoms with Crippen LogP contribution in [0.2, 0.25) is 0 Å². The zero-order chi connectivity index (χ0) is 12.2. The molecule has 1 nitrogen and oxygen atoms in total. The van der Waals surface area contributed by atoms with Crippen molar-refractivity contribution in [2.45, 2.75) is 9.92 Å². The number of pyridine rings is 1. The summed E-state index contributed by atoms with van der Waals surface area (Å²) in [5.74, 6) is 0. The molecule has 1 aromatic heterocycles. The fourth-order valence-corrected chi connectivity index (χ4v) is 3.58. The second-order valence-electron chi connectivity index (χ2n) is 3.84. The van der Waals surface area contributed by atoms with Crippen molar-refractivity contribution in [3.05, 3.63) is 66.9 Å². The standard InChI is InChI=1S/C15H11NS2/c1-2-6-13-11-14(9-8-12(13)5-1)17-18-15-7-3-4-10-16-15/h1-11H. The van der Waals surface area contributed by atoms with Gasteiger partial charge in [0.05, 0.1) is 0 Å². The third kappa shape index (κ3) is 2.68. The summed E-state index contributed by atoms with van der Waals surface area (Å²) < 4.78 is 0. The number of hydrogen-bond acceptors (Lipinski definition) is 3. The molecule has 0 aliphatic rings. The van der Waals surface area contributed by atoms with Gasteiger partial charge in [-0.1, -0.05) is 47.2 Å². The molecule has 0 saturated heterocycles. The van der Waals surface area contributed by atoms with Crippen LogP contribution in [-0.4, -0.2) is 4.98 Å². The van der Waals surface area contributed by atoms with Crippen LogP contribution in [0.5, 0.6) is 0 Å². The Bertz CT molecular complexity index is 653. The number of benzene rings is 2. The summed E-state index contributed by atoms with van der Waals surface area (Å²) in [5.41, 5.74) is 0. The van der Waals surface area contributed by atoms with Crippen LogP contribution in [0.3, 0.4) is 0 Å². The van der Waals surface area contributed by atoms with E-state index in [0.717, 1.165) is 5.03 Å². The Morgan fingerprint density at radius 3 is 2.39 bits per heavy atom. The van der Waals surface area contributed by atoms with Crippen LogP contribution in [0.15, 0.2) is 76.8 Å². The first-order valence-electron chi connectivity index (χ1n) is 5.66. The van der Waals surface area contributed by atoms with Crippen molar-refractivity contribution in [3.8, 4) is 0 Å². The van der Waals surface area contributed by atoms with Crippen LogP contribution in [0.25, 0.3) is 10.8 Å². The van der Waals surface area contributed by atoms with Crippen LogP contribution in [0.4, 0.5) is 0 Å². The van der Waals surface area contributed by atoms with Gasteiger partial charge < -0.3 is 0 Å². The highest BCUT2D eigenvalue weighted by atomic mass is 33.1. The van der Waals surface area contributed by atoms with Crippen molar-refractivity contribution in [2.24, 2.45) is 0 Å². The largest absolute Gasteiger partial charge is 0.249 e. The van der Waals surface area contributed by atoms with Crippen molar-refractivity contribution in [3.63, 3.8) is 0 Å². The number of aromatic nitrogens is 1. The second kappa shape index (κ2) is 5.46. The van der Waals surface area contributed by atoms with E-state index in [4.69, 9.17) is 0 Å². The lowest BCUT2D eigenvalue weighted by atomic mass is 10.1. The van der Waals surface area contributed by atoms with Crippen molar-refractivity contribution in [1.82, 2.24) is 4.98 Å². The van der Waals surface area contributed by atoms with E-state index in [1.807, 2.05) is 24.4 Å². The van der Waals surface area contributed by atoms with Crippen molar-refractivity contribution < 1.29 is 0 Å². The highest BCUT2D eigenvalue weighted by Crippen LogP contribution is 2.37. The van der Waals surface area contributed by atoms with Gasteiger partial charge in [-0.15, -0.1) is 0 Å². The lowest BCUT2D eigenvalue weighted by Gasteiger charge is -2.02. The number of rotatable bonds is 3. The molecule has 3 rings (SSSR count). The molecule has 2 aromatic carbocycles. The van der Waals surface area contributed by atoms with Crippen LogP contribution >= 0.6 is 21.6 Å². The molecule has 0 spiro atoms. The maximum absolute atomic E-state index is 4.30. The molecule has 0 amide bonds. The first kappa shape index (κ1) is 11.6. The average molecular weight is 269 g/mol. The van der Waals surface area contributed by atoms with E-state index >= 15 is 0 Å². The van der Waals surface area contributed by atoms with Gasteiger partial charge in [0, 0.05) is 11.1 Å². The zero-order valence-corrected chi connectivity index (χ0v) is 11.2. The molecule has 1 heterocycles. The molecule has 3 heteroatoms. The quantitative estimate of drug-likeness (QED) is 0.619. The molecule has 3 aromatic rings. The van der Waals surface area contributed by atoms with Gasteiger partial charge in [0.15, 0.2) is 0 Å². The molecule has 0 radical (unpaired) electrons. The van der Waals surface area contributed by atoms with Gasteiger partial charge in [0.1, 0.15) is 5.03 Å². The minimum Gasteiger partial charge on any atom is -0.249 e. The molecule has 0 N–H and O–H groups in total. The molecular formula is C15H11NS2. The Labute approximate surface area is 114 Å². The highest BCUT2D eigenvalue weighted by molar-refractivity contribution is 8.76. The summed E-state index contributed by atoms with van der Waals surface area (Å²) in [6.07, 6.45) is 1.82. The monoisotopic (exact) mass is 269 g/mol. The van der Waals surface area contributed by atoms with Gasteiger partial charge in [-0.2, -0.15) is 0 Å². The Kier molecular flexibility index (Phi) is 3.53. The second-order valence-corrected chi connectivity index (χ2v) is 6.07. The SMILES string of the molecule is c1ccc(SSc2ccc3ccccc3c2)nc1. The van der Waals surface area contributed by atoms with Gasteiger partial charge >= 0.3 is 0 Å². The fourth-order valence-electron chi connectivity index (χ4n) is 1.71.